The van der Waals surface area contributed by atoms with E-state index in [0.29, 0.717) is 0 Å². The lowest BCUT2D eigenvalue weighted by Gasteiger charge is -2.23. The maximum Gasteiger partial charge on any atom is 0.0546 e. The Morgan fingerprint density at radius 2 is 1.70 bits per heavy atom. The molecule has 1 aromatic rings. The third-order valence-electron chi connectivity index (χ3n) is 4.81. The van der Waals surface area contributed by atoms with Crippen LogP contribution < -0.4 is 0 Å². The first-order valence-electron chi connectivity index (χ1n) is 8.46. The molecule has 0 radical (unpaired) electrons. The van der Waals surface area contributed by atoms with Crippen molar-refractivity contribution in [2.45, 2.75) is 79.2 Å². The van der Waals surface area contributed by atoms with Gasteiger partial charge in [0.2, 0.25) is 0 Å². The monoisotopic (exact) mass is 276 g/mol. The smallest absolute Gasteiger partial charge is 0.0546 e. The number of fused-ring (bicyclic) bond motifs is 2. The molecule has 0 bridgehead atoms. The molecule has 0 N–H and O–H groups in total. The Labute approximate surface area is 125 Å². The van der Waals surface area contributed by atoms with Gasteiger partial charge in [0.1, 0.15) is 0 Å². The highest BCUT2D eigenvalue weighted by atomic mass is 15.3. The Hall–Kier alpha value is -0.790. The maximum absolute atomic E-state index is 4.63. The van der Waals surface area contributed by atoms with E-state index in [-0.39, 0.29) is 5.54 Å². The number of hydrogen-bond acceptors (Lipinski definition) is 1. The van der Waals surface area contributed by atoms with Gasteiger partial charge < -0.3 is 0 Å². The minimum Gasteiger partial charge on any atom is -0.264 e. The summed E-state index contributed by atoms with van der Waals surface area (Å²) >= 11 is 0. The molecule has 0 saturated heterocycles. The highest BCUT2D eigenvalue weighted by Crippen LogP contribution is 2.52. The van der Waals surface area contributed by atoms with Crippen molar-refractivity contribution < 1.29 is 0 Å². The zero-order chi connectivity index (χ0) is 14.9. The molecule has 1 aromatic heterocycles. The third-order valence-corrected chi connectivity index (χ3v) is 4.81. The topological polar surface area (TPSA) is 17.8 Å². The summed E-state index contributed by atoms with van der Waals surface area (Å²) in [7, 11) is 0. The second-order valence-corrected chi connectivity index (χ2v) is 7.67. The van der Waals surface area contributed by atoms with Crippen LogP contribution in [0.5, 0.6) is 0 Å². The van der Waals surface area contributed by atoms with E-state index in [1.54, 1.807) is 0 Å². The zero-order valence-corrected chi connectivity index (χ0v) is 14.2. The second-order valence-electron chi connectivity index (χ2n) is 7.67. The molecule has 1 unspecified atom stereocenters. The van der Waals surface area contributed by atoms with Crippen LogP contribution in [0.4, 0.5) is 0 Å². The summed E-state index contributed by atoms with van der Waals surface area (Å²) in [5.74, 6) is 3.00. The van der Waals surface area contributed by atoms with Crippen LogP contribution in [-0.4, -0.2) is 9.78 Å². The molecule has 2 aliphatic rings. The molecular weight excluding hydrogens is 244 g/mol. The first-order chi connectivity index (χ1) is 9.40. The first-order valence-corrected chi connectivity index (χ1v) is 8.46. The molecule has 114 valence electrons. The van der Waals surface area contributed by atoms with E-state index in [1.165, 1.54) is 43.4 Å². The highest BCUT2D eigenvalue weighted by Gasteiger charge is 2.46. The SMILES string of the molecule is CC1[C@H]2CCc3c(cnn3C(C)(C)C)CC[C@@H]12.CCC. The van der Waals surface area contributed by atoms with Gasteiger partial charge in [0.05, 0.1) is 11.7 Å². The van der Waals surface area contributed by atoms with Gasteiger partial charge in [0.25, 0.3) is 0 Å². The van der Waals surface area contributed by atoms with Crippen LogP contribution in [0, 0.1) is 17.8 Å². The quantitative estimate of drug-likeness (QED) is 0.664. The second kappa shape index (κ2) is 5.91. The Bertz CT molecular complexity index is 439. The maximum atomic E-state index is 4.63. The van der Waals surface area contributed by atoms with Crippen molar-refractivity contribution in [2.24, 2.45) is 17.8 Å². The van der Waals surface area contributed by atoms with Crippen molar-refractivity contribution in [3.8, 4) is 0 Å². The lowest BCUT2D eigenvalue weighted by atomic mass is 9.98. The van der Waals surface area contributed by atoms with E-state index in [1.807, 2.05) is 0 Å². The fourth-order valence-electron chi connectivity index (χ4n) is 3.68. The first kappa shape index (κ1) is 15.6. The molecule has 0 aromatic carbocycles. The summed E-state index contributed by atoms with van der Waals surface area (Å²) < 4.78 is 2.26. The number of nitrogens with zero attached hydrogens (tertiary/aromatic N) is 2. The minimum atomic E-state index is 0.126. The van der Waals surface area contributed by atoms with Crippen LogP contribution in [-0.2, 0) is 18.4 Å². The highest BCUT2D eigenvalue weighted by molar-refractivity contribution is 5.22. The largest absolute Gasteiger partial charge is 0.264 e. The van der Waals surface area contributed by atoms with Crippen LogP contribution in [0.3, 0.4) is 0 Å². The van der Waals surface area contributed by atoms with Crippen LogP contribution in [0.2, 0.25) is 0 Å². The molecular formula is C18H32N2. The third kappa shape index (κ3) is 3.10. The van der Waals surface area contributed by atoms with Crippen LogP contribution in [0.1, 0.15) is 72.1 Å². The number of hydrogen-bond donors (Lipinski definition) is 0. The van der Waals surface area contributed by atoms with E-state index in [4.69, 9.17) is 0 Å². The molecule has 1 saturated carbocycles. The van der Waals surface area contributed by atoms with Crippen LogP contribution in [0.15, 0.2) is 6.20 Å². The lowest BCUT2D eigenvalue weighted by Crippen LogP contribution is -2.26. The van der Waals surface area contributed by atoms with E-state index in [2.05, 4.69) is 57.5 Å². The standard InChI is InChI=1S/C15H24N2.C3H8/c1-10-12-6-5-11-9-16-17(15(2,3)4)14(11)8-7-13(10)12;1-3-2/h9-10,12-13H,5-8H2,1-4H3;3H2,1-2H3/t10?,12-,13+;/m0./s1. The van der Waals surface area contributed by atoms with Gasteiger partial charge >= 0.3 is 0 Å². The summed E-state index contributed by atoms with van der Waals surface area (Å²) in [4.78, 5) is 0. The normalized spacial score (nSPS) is 28.4. The lowest BCUT2D eigenvalue weighted by molar-refractivity contribution is 0.339. The number of rotatable bonds is 0. The Morgan fingerprint density at radius 3 is 2.25 bits per heavy atom. The fraction of sp³-hybridized carbons (Fsp3) is 0.833. The average Bonchev–Trinajstić information content (AvgIpc) is 2.75. The van der Waals surface area contributed by atoms with Crippen molar-refractivity contribution >= 4 is 0 Å². The molecule has 1 fully saturated rings. The van der Waals surface area contributed by atoms with Gasteiger partial charge in [-0.25, -0.2) is 0 Å². The molecule has 0 spiro atoms. The van der Waals surface area contributed by atoms with Gasteiger partial charge in [-0.1, -0.05) is 27.2 Å². The molecule has 0 aliphatic heterocycles. The predicted octanol–water partition coefficient (Wildman–Crippen LogP) is 4.82. The summed E-state index contributed by atoms with van der Waals surface area (Å²) in [5, 5.41) is 4.63. The molecule has 2 aliphatic carbocycles. The molecule has 0 amide bonds. The molecule has 3 rings (SSSR count). The number of aromatic nitrogens is 2. The number of aryl methyl sites for hydroxylation is 1. The summed E-state index contributed by atoms with van der Waals surface area (Å²) in [5.41, 5.74) is 3.15. The average molecular weight is 276 g/mol. The summed E-state index contributed by atoms with van der Waals surface area (Å²) in [6.07, 6.45) is 8.61. The van der Waals surface area contributed by atoms with Gasteiger partial charge in [-0.3, -0.25) is 4.68 Å². The van der Waals surface area contributed by atoms with Crippen molar-refractivity contribution in [1.29, 1.82) is 0 Å². The van der Waals surface area contributed by atoms with E-state index < -0.39 is 0 Å². The van der Waals surface area contributed by atoms with Gasteiger partial charge in [0, 0.05) is 5.69 Å². The van der Waals surface area contributed by atoms with Crippen molar-refractivity contribution in [1.82, 2.24) is 9.78 Å². The van der Waals surface area contributed by atoms with E-state index in [0.717, 1.165) is 17.8 Å². The zero-order valence-electron chi connectivity index (χ0n) is 14.2. The van der Waals surface area contributed by atoms with E-state index >= 15 is 0 Å². The van der Waals surface area contributed by atoms with Crippen molar-refractivity contribution in [3.05, 3.63) is 17.5 Å². The Balaban J connectivity index is 0.000000452. The molecule has 3 atom stereocenters. The fourth-order valence-corrected chi connectivity index (χ4v) is 3.68. The van der Waals surface area contributed by atoms with Crippen molar-refractivity contribution in [3.63, 3.8) is 0 Å². The van der Waals surface area contributed by atoms with Gasteiger partial charge in [-0.2, -0.15) is 5.10 Å². The molecule has 2 nitrogen and oxygen atoms in total. The summed E-state index contributed by atoms with van der Waals surface area (Å²) in [6, 6.07) is 0. The molecule has 1 heterocycles. The molecule has 20 heavy (non-hydrogen) atoms. The Kier molecular flexibility index (Phi) is 4.61. The van der Waals surface area contributed by atoms with Crippen molar-refractivity contribution in [2.75, 3.05) is 0 Å². The van der Waals surface area contributed by atoms with Gasteiger partial charge in [0.15, 0.2) is 0 Å². The predicted molar refractivity (Wildman–Crippen MR) is 86.0 cm³/mol. The van der Waals surface area contributed by atoms with Crippen LogP contribution in [0.25, 0.3) is 0 Å². The Morgan fingerprint density at radius 1 is 1.15 bits per heavy atom. The van der Waals surface area contributed by atoms with Gasteiger partial charge in [-0.15, -0.1) is 0 Å². The van der Waals surface area contributed by atoms with Crippen LogP contribution >= 0.6 is 0 Å². The van der Waals surface area contributed by atoms with Gasteiger partial charge in [-0.05, 0) is 69.8 Å². The van der Waals surface area contributed by atoms with E-state index in [9.17, 15) is 0 Å². The summed E-state index contributed by atoms with van der Waals surface area (Å²) in [6.45, 7) is 13.4. The minimum absolute atomic E-state index is 0.126. The molecule has 2 heteroatoms.